The highest BCUT2D eigenvalue weighted by atomic mass is 32.1. The van der Waals surface area contributed by atoms with Gasteiger partial charge in [0, 0.05) is 17.0 Å². The minimum Gasteiger partial charge on any atom is -0.501 e. The number of aryl methyl sites for hydroxylation is 1. The van der Waals surface area contributed by atoms with Crippen molar-refractivity contribution in [2.75, 3.05) is 13.2 Å². The lowest BCUT2D eigenvalue weighted by atomic mass is 10.2. The van der Waals surface area contributed by atoms with Gasteiger partial charge in [0.1, 0.15) is 10.4 Å². The average Bonchev–Trinajstić information content (AvgIpc) is 3.43. The first kappa shape index (κ1) is 31.2. The summed E-state index contributed by atoms with van der Waals surface area (Å²) in [6, 6.07) is -0.363. The zero-order valence-electron chi connectivity index (χ0n) is 23.1. The quantitative estimate of drug-likeness (QED) is 0.267. The molecule has 0 aromatic carbocycles. The molecule has 2 unspecified atom stereocenters. The number of nitrogens with zero attached hydrogens (tertiary/aromatic N) is 3. The van der Waals surface area contributed by atoms with E-state index in [4.69, 9.17) is 9.47 Å². The molecule has 2 heterocycles. The molecule has 2 aromatic heterocycles. The molecular formula is C25H33F3N4O7S. The van der Waals surface area contributed by atoms with Crippen LogP contribution in [0.15, 0.2) is 21.9 Å². The van der Waals surface area contributed by atoms with E-state index in [0.717, 1.165) is 37.8 Å². The van der Waals surface area contributed by atoms with Crippen LogP contribution in [0.1, 0.15) is 57.5 Å². The molecule has 2 amide bonds. The summed E-state index contributed by atoms with van der Waals surface area (Å²) in [7, 11) is 0. The van der Waals surface area contributed by atoms with Crippen LogP contribution in [0.5, 0.6) is 0 Å². The molecule has 1 aliphatic rings. The van der Waals surface area contributed by atoms with Crippen LogP contribution in [0.2, 0.25) is 0 Å². The van der Waals surface area contributed by atoms with E-state index >= 15 is 0 Å². The topological polar surface area (TPSA) is 121 Å². The molecule has 0 radical (unpaired) electrons. The van der Waals surface area contributed by atoms with E-state index in [0.29, 0.717) is 23.5 Å². The zero-order chi connectivity index (χ0) is 30.0. The van der Waals surface area contributed by atoms with Gasteiger partial charge in [0.2, 0.25) is 0 Å². The van der Waals surface area contributed by atoms with E-state index in [2.05, 4.69) is 10.2 Å². The summed E-state index contributed by atoms with van der Waals surface area (Å²) >= 11 is 0.964. The highest BCUT2D eigenvalue weighted by Gasteiger charge is 2.38. The second kappa shape index (κ2) is 12.0. The van der Waals surface area contributed by atoms with Crippen LogP contribution in [0.3, 0.4) is 0 Å². The maximum atomic E-state index is 13.5. The number of nitrogens with one attached hydrogen (secondary N) is 1. The van der Waals surface area contributed by atoms with Crippen molar-refractivity contribution in [1.82, 2.24) is 19.6 Å². The van der Waals surface area contributed by atoms with Crippen LogP contribution in [-0.4, -0.2) is 51.3 Å². The Bertz CT molecular complexity index is 1400. The molecule has 0 bridgehead atoms. The maximum Gasteiger partial charge on any atom is 0.522 e. The fourth-order valence-corrected chi connectivity index (χ4v) is 5.29. The Kier molecular flexibility index (Phi) is 9.39. The van der Waals surface area contributed by atoms with Gasteiger partial charge < -0.3 is 9.47 Å². The van der Waals surface area contributed by atoms with E-state index < -0.39 is 48.4 Å². The van der Waals surface area contributed by atoms with Crippen molar-refractivity contribution in [2.24, 2.45) is 5.92 Å². The van der Waals surface area contributed by atoms with Crippen molar-refractivity contribution in [3.05, 3.63) is 43.6 Å². The Morgan fingerprint density at radius 1 is 1.23 bits per heavy atom. The van der Waals surface area contributed by atoms with Gasteiger partial charge in [-0.05, 0) is 52.5 Å². The van der Waals surface area contributed by atoms with Crippen LogP contribution >= 0.6 is 11.3 Å². The van der Waals surface area contributed by atoms with Gasteiger partial charge in [-0.25, -0.2) is 20.0 Å². The van der Waals surface area contributed by atoms with Gasteiger partial charge in [0.25, 0.3) is 11.5 Å². The molecular weight excluding hydrogens is 557 g/mol. The van der Waals surface area contributed by atoms with Crippen LogP contribution in [-0.2, 0) is 32.1 Å². The fourth-order valence-electron chi connectivity index (χ4n) is 3.99. The van der Waals surface area contributed by atoms with E-state index in [9.17, 15) is 32.3 Å². The van der Waals surface area contributed by atoms with Gasteiger partial charge in [0.15, 0.2) is 0 Å². The van der Waals surface area contributed by atoms with Gasteiger partial charge in [-0.3, -0.25) is 23.5 Å². The third-order valence-electron chi connectivity index (χ3n) is 5.99. The fraction of sp³-hybridized carbons (Fsp3) is 0.600. The standard InChI is InChI=1S/C25H33F3N4O7S/c1-7-37-10-8-18(33)31(29-22(35)39-24(4,5)6)13-17-15(3)19-20(34)32(16-12-14(16)2)23(36)30(21(19)40-17)9-11-38-25(26,27)28/h8,10,14,16H,7,9,11-13H2,1-6H3,(H,29,35). The molecule has 11 nitrogen and oxygen atoms in total. The molecule has 1 saturated carbocycles. The molecule has 0 spiro atoms. The summed E-state index contributed by atoms with van der Waals surface area (Å²) in [4.78, 5) is 52.7. The SMILES string of the molecule is CCOC=CC(=O)N(Cc1sc2c(c1C)c(=O)n(C1CC1C)c(=O)n2CCOC(F)(F)F)NC(=O)OC(C)(C)C. The van der Waals surface area contributed by atoms with Gasteiger partial charge in [-0.2, -0.15) is 0 Å². The van der Waals surface area contributed by atoms with Gasteiger partial charge in [0.05, 0.1) is 38.0 Å². The number of carbonyl (C=O) groups is 2. The average molecular weight is 591 g/mol. The number of halogens is 3. The molecule has 1 fully saturated rings. The molecule has 222 valence electrons. The number of hydrazine groups is 1. The van der Waals surface area contributed by atoms with Crippen molar-refractivity contribution in [2.45, 2.75) is 79.1 Å². The number of carbonyl (C=O) groups excluding carboxylic acids is 2. The molecule has 1 N–H and O–H groups in total. The van der Waals surface area contributed by atoms with Crippen LogP contribution in [0.4, 0.5) is 18.0 Å². The summed E-state index contributed by atoms with van der Waals surface area (Å²) in [6.45, 7) is 8.94. The first-order valence-corrected chi connectivity index (χ1v) is 13.4. The second-order valence-electron chi connectivity index (χ2n) is 10.3. The summed E-state index contributed by atoms with van der Waals surface area (Å²) < 4.78 is 54.4. The van der Waals surface area contributed by atoms with Gasteiger partial charge in [-0.1, -0.05) is 6.92 Å². The minimum absolute atomic E-state index is 0.0596. The van der Waals surface area contributed by atoms with Crippen molar-refractivity contribution in [3.63, 3.8) is 0 Å². The van der Waals surface area contributed by atoms with Gasteiger partial charge >= 0.3 is 18.1 Å². The van der Waals surface area contributed by atoms with Crippen molar-refractivity contribution in [1.29, 1.82) is 0 Å². The van der Waals surface area contributed by atoms with Crippen molar-refractivity contribution in [3.8, 4) is 0 Å². The Hall–Kier alpha value is -3.33. The van der Waals surface area contributed by atoms with Crippen LogP contribution < -0.4 is 16.7 Å². The molecule has 3 rings (SSSR count). The second-order valence-corrected chi connectivity index (χ2v) is 11.4. The first-order valence-electron chi connectivity index (χ1n) is 12.6. The predicted molar refractivity (Wildman–Crippen MR) is 141 cm³/mol. The minimum atomic E-state index is -4.89. The largest absolute Gasteiger partial charge is 0.522 e. The van der Waals surface area contributed by atoms with Crippen molar-refractivity contribution >= 4 is 33.6 Å². The monoisotopic (exact) mass is 590 g/mol. The number of amides is 2. The Balaban J connectivity index is 2.07. The third-order valence-corrected chi connectivity index (χ3v) is 7.29. The normalized spacial score (nSPS) is 17.3. The molecule has 0 saturated heterocycles. The number of ether oxygens (including phenoxy) is 3. The number of fused-ring (bicyclic) bond motifs is 1. The van der Waals surface area contributed by atoms with E-state index in [-0.39, 0.29) is 28.7 Å². The molecule has 40 heavy (non-hydrogen) atoms. The van der Waals surface area contributed by atoms with Gasteiger partial charge in [-0.15, -0.1) is 24.5 Å². The number of aromatic nitrogens is 2. The highest BCUT2D eigenvalue weighted by molar-refractivity contribution is 7.18. The number of thiophene rings is 1. The molecule has 0 aliphatic heterocycles. The predicted octanol–water partition coefficient (Wildman–Crippen LogP) is 3.97. The third kappa shape index (κ3) is 7.65. The lowest BCUT2D eigenvalue weighted by Crippen LogP contribution is -2.47. The number of hydrogen-bond acceptors (Lipinski definition) is 8. The molecule has 15 heteroatoms. The Morgan fingerprint density at radius 3 is 2.42 bits per heavy atom. The summed E-state index contributed by atoms with van der Waals surface area (Å²) in [6.07, 6.45) is -2.95. The van der Waals surface area contributed by atoms with Crippen LogP contribution in [0.25, 0.3) is 10.2 Å². The molecule has 1 aliphatic carbocycles. The van der Waals surface area contributed by atoms with Crippen LogP contribution in [0, 0.1) is 12.8 Å². The number of alkyl halides is 3. The summed E-state index contributed by atoms with van der Waals surface area (Å²) in [5.41, 5.74) is 0.664. The van der Waals surface area contributed by atoms with E-state index in [1.807, 2.05) is 6.92 Å². The Labute approximate surface area is 232 Å². The maximum absolute atomic E-state index is 13.5. The highest BCUT2D eigenvalue weighted by Crippen LogP contribution is 2.41. The number of hydrogen-bond donors (Lipinski definition) is 1. The van der Waals surface area contributed by atoms with E-state index in [1.54, 1.807) is 34.6 Å². The zero-order valence-corrected chi connectivity index (χ0v) is 23.9. The smallest absolute Gasteiger partial charge is 0.501 e. The van der Waals surface area contributed by atoms with E-state index in [1.165, 1.54) is 0 Å². The summed E-state index contributed by atoms with van der Waals surface area (Å²) in [5, 5.41) is 1.11. The molecule has 2 aromatic rings. The lowest BCUT2D eigenvalue weighted by Gasteiger charge is -2.25. The lowest BCUT2D eigenvalue weighted by molar-refractivity contribution is -0.325. The Morgan fingerprint density at radius 2 is 1.88 bits per heavy atom. The van der Waals surface area contributed by atoms with Crippen molar-refractivity contribution < 1.29 is 37.0 Å². The first-order chi connectivity index (χ1) is 18.5. The number of rotatable bonds is 9. The summed E-state index contributed by atoms with van der Waals surface area (Å²) in [5.74, 6) is -0.610. The molecule has 2 atom stereocenters.